The molecule has 0 aromatic heterocycles. The maximum absolute atomic E-state index is 5.17. The Balaban J connectivity index is 2.10. The van der Waals surface area contributed by atoms with E-state index in [0.717, 1.165) is 19.4 Å². The molecule has 1 aliphatic carbocycles. The summed E-state index contributed by atoms with van der Waals surface area (Å²) in [4.78, 5) is 5.17. The zero-order valence-electron chi connectivity index (χ0n) is 16.4. The summed E-state index contributed by atoms with van der Waals surface area (Å²) in [6.45, 7) is 5.65. The first kappa shape index (κ1) is 19.9. The SMILES string of the molecule is CCCC(CCCCNC)C1=NC(C2C=CC(C)C=CC2)=CCC=C1. The second-order valence-electron chi connectivity index (χ2n) is 7.40. The van der Waals surface area contributed by atoms with Crippen molar-refractivity contribution in [1.29, 1.82) is 0 Å². The second-order valence-corrected chi connectivity index (χ2v) is 7.40. The lowest BCUT2D eigenvalue weighted by molar-refractivity contribution is 0.523. The highest BCUT2D eigenvalue weighted by Crippen LogP contribution is 2.28. The van der Waals surface area contributed by atoms with Crippen LogP contribution in [0.15, 0.2) is 53.2 Å². The fourth-order valence-corrected chi connectivity index (χ4v) is 3.66. The molecule has 2 nitrogen and oxygen atoms in total. The summed E-state index contributed by atoms with van der Waals surface area (Å²) in [6.07, 6.45) is 24.6. The number of allylic oxidation sites excluding steroid dienone is 7. The average Bonchev–Trinajstić information content (AvgIpc) is 2.98. The maximum Gasteiger partial charge on any atom is 0.0442 e. The number of nitrogens with one attached hydrogen (secondary N) is 1. The Morgan fingerprint density at radius 3 is 2.84 bits per heavy atom. The van der Waals surface area contributed by atoms with Gasteiger partial charge < -0.3 is 5.32 Å². The van der Waals surface area contributed by atoms with E-state index in [1.807, 2.05) is 7.05 Å². The van der Waals surface area contributed by atoms with Gasteiger partial charge in [-0.25, -0.2) is 0 Å². The largest absolute Gasteiger partial charge is 0.320 e. The summed E-state index contributed by atoms with van der Waals surface area (Å²) in [5.41, 5.74) is 2.58. The third kappa shape index (κ3) is 6.78. The van der Waals surface area contributed by atoms with Crippen LogP contribution in [0.3, 0.4) is 0 Å². The smallest absolute Gasteiger partial charge is 0.0442 e. The van der Waals surface area contributed by atoms with Crippen molar-refractivity contribution in [3.63, 3.8) is 0 Å². The van der Waals surface area contributed by atoms with Gasteiger partial charge in [0.2, 0.25) is 0 Å². The van der Waals surface area contributed by atoms with Crippen molar-refractivity contribution in [3.8, 4) is 0 Å². The zero-order chi connectivity index (χ0) is 17.9. The van der Waals surface area contributed by atoms with E-state index in [9.17, 15) is 0 Å². The highest BCUT2D eigenvalue weighted by atomic mass is 14.8. The molecule has 0 aromatic carbocycles. The summed E-state index contributed by atoms with van der Waals surface area (Å²) < 4.78 is 0. The second kappa shape index (κ2) is 11.3. The number of nitrogens with zero attached hydrogens (tertiary/aromatic N) is 1. The highest BCUT2D eigenvalue weighted by molar-refractivity contribution is 5.97. The Morgan fingerprint density at radius 1 is 1.16 bits per heavy atom. The summed E-state index contributed by atoms with van der Waals surface area (Å²) in [7, 11) is 2.04. The molecule has 2 heteroatoms. The summed E-state index contributed by atoms with van der Waals surface area (Å²) in [5, 5.41) is 3.26. The van der Waals surface area contributed by atoms with Gasteiger partial charge in [0.1, 0.15) is 0 Å². The van der Waals surface area contributed by atoms with E-state index in [1.54, 1.807) is 0 Å². The first-order valence-corrected chi connectivity index (χ1v) is 10.2. The van der Waals surface area contributed by atoms with Crippen LogP contribution in [-0.4, -0.2) is 19.3 Å². The average molecular weight is 341 g/mol. The molecule has 0 radical (unpaired) electrons. The van der Waals surface area contributed by atoms with Crippen molar-refractivity contribution >= 4 is 5.71 Å². The first-order chi connectivity index (χ1) is 12.2. The zero-order valence-corrected chi connectivity index (χ0v) is 16.4. The molecule has 2 rings (SSSR count). The first-order valence-electron chi connectivity index (χ1n) is 10.2. The Labute approximate surface area is 154 Å². The van der Waals surface area contributed by atoms with Gasteiger partial charge >= 0.3 is 0 Å². The van der Waals surface area contributed by atoms with Crippen molar-refractivity contribution in [2.24, 2.45) is 22.7 Å². The molecular formula is C23H36N2. The van der Waals surface area contributed by atoms with Crippen LogP contribution in [-0.2, 0) is 0 Å². The number of hydrogen-bond donors (Lipinski definition) is 1. The summed E-state index contributed by atoms with van der Waals surface area (Å²) >= 11 is 0. The van der Waals surface area contributed by atoms with Gasteiger partial charge in [0, 0.05) is 23.2 Å². The molecule has 25 heavy (non-hydrogen) atoms. The number of hydrogen-bond acceptors (Lipinski definition) is 2. The van der Waals surface area contributed by atoms with Gasteiger partial charge in [-0.3, -0.25) is 4.99 Å². The molecule has 0 saturated heterocycles. The fourth-order valence-electron chi connectivity index (χ4n) is 3.66. The molecule has 0 spiro atoms. The predicted octanol–water partition coefficient (Wildman–Crippen LogP) is 5.85. The van der Waals surface area contributed by atoms with Crippen LogP contribution in [0, 0.1) is 17.8 Å². The van der Waals surface area contributed by atoms with Gasteiger partial charge in [-0.2, -0.15) is 0 Å². The van der Waals surface area contributed by atoms with E-state index in [2.05, 4.69) is 61.7 Å². The predicted molar refractivity (Wildman–Crippen MR) is 111 cm³/mol. The molecule has 3 atom stereocenters. The van der Waals surface area contributed by atoms with E-state index < -0.39 is 0 Å². The molecule has 0 saturated carbocycles. The quantitative estimate of drug-likeness (QED) is 0.413. The van der Waals surface area contributed by atoms with Crippen molar-refractivity contribution in [2.75, 3.05) is 13.6 Å². The maximum atomic E-state index is 5.17. The molecule has 0 bridgehead atoms. The van der Waals surface area contributed by atoms with Gasteiger partial charge in [-0.15, -0.1) is 0 Å². The molecule has 1 heterocycles. The van der Waals surface area contributed by atoms with E-state index in [0.29, 0.717) is 17.8 Å². The fraction of sp³-hybridized carbons (Fsp3) is 0.609. The summed E-state index contributed by atoms with van der Waals surface area (Å²) in [6, 6.07) is 0. The minimum absolute atomic E-state index is 0.433. The third-order valence-electron chi connectivity index (χ3n) is 5.15. The van der Waals surface area contributed by atoms with Crippen LogP contribution < -0.4 is 5.32 Å². The monoisotopic (exact) mass is 340 g/mol. The Kier molecular flexibility index (Phi) is 8.96. The molecule has 1 N–H and O–H groups in total. The van der Waals surface area contributed by atoms with E-state index in [1.165, 1.54) is 43.5 Å². The lowest BCUT2D eigenvalue weighted by atomic mass is 9.91. The van der Waals surface area contributed by atoms with Gasteiger partial charge in [0.15, 0.2) is 0 Å². The Morgan fingerprint density at radius 2 is 2.04 bits per heavy atom. The van der Waals surface area contributed by atoms with Crippen LogP contribution in [0.25, 0.3) is 0 Å². The highest BCUT2D eigenvalue weighted by Gasteiger charge is 2.18. The van der Waals surface area contributed by atoms with Crippen molar-refractivity contribution in [1.82, 2.24) is 5.32 Å². The molecular weight excluding hydrogens is 304 g/mol. The lowest BCUT2D eigenvalue weighted by Crippen LogP contribution is -2.15. The third-order valence-corrected chi connectivity index (χ3v) is 5.15. The molecule has 0 aromatic rings. The van der Waals surface area contributed by atoms with Gasteiger partial charge in [-0.05, 0) is 57.7 Å². The Hall–Kier alpha value is -1.41. The molecule has 1 aliphatic heterocycles. The number of unbranched alkanes of at least 4 members (excludes halogenated alkanes) is 1. The minimum atomic E-state index is 0.433. The number of rotatable bonds is 9. The molecule has 3 unspecified atom stereocenters. The van der Waals surface area contributed by atoms with E-state index >= 15 is 0 Å². The molecule has 138 valence electrons. The van der Waals surface area contributed by atoms with E-state index in [4.69, 9.17) is 4.99 Å². The van der Waals surface area contributed by atoms with Gasteiger partial charge in [0.25, 0.3) is 0 Å². The van der Waals surface area contributed by atoms with Gasteiger partial charge in [0.05, 0.1) is 0 Å². The molecule has 2 aliphatic rings. The molecule has 0 fully saturated rings. The summed E-state index contributed by atoms with van der Waals surface area (Å²) in [5.74, 6) is 1.57. The van der Waals surface area contributed by atoms with Crippen LogP contribution >= 0.6 is 0 Å². The van der Waals surface area contributed by atoms with Crippen molar-refractivity contribution in [3.05, 3.63) is 48.2 Å². The van der Waals surface area contributed by atoms with Crippen LogP contribution in [0.5, 0.6) is 0 Å². The Bertz CT molecular complexity index is 536. The minimum Gasteiger partial charge on any atom is -0.320 e. The topological polar surface area (TPSA) is 24.4 Å². The lowest BCUT2D eigenvalue weighted by Gasteiger charge is -2.18. The standard InChI is InChI=1S/C23H36N2/c1-4-10-20(12-7-8-18-24-3)22-14-5-6-15-23(25-22)21-13-9-11-19(2)16-17-21/h5,9,11,14-17,19-21,24H,4,6-8,10,12-13,18H2,1-3H3. The van der Waals surface area contributed by atoms with Gasteiger partial charge in [-0.1, -0.05) is 63.1 Å². The van der Waals surface area contributed by atoms with Crippen molar-refractivity contribution in [2.45, 2.75) is 58.8 Å². The number of aliphatic imine (C=N–C) groups is 1. The van der Waals surface area contributed by atoms with Crippen LogP contribution in [0.2, 0.25) is 0 Å². The van der Waals surface area contributed by atoms with Crippen LogP contribution in [0.4, 0.5) is 0 Å². The van der Waals surface area contributed by atoms with E-state index in [-0.39, 0.29) is 0 Å². The van der Waals surface area contributed by atoms with Crippen LogP contribution in [0.1, 0.15) is 58.8 Å². The molecule has 0 amide bonds. The van der Waals surface area contributed by atoms with Crippen molar-refractivity contribution < 1.29 is 0 Å². The normalized spacial score (nSPS) is 24.4.